The number of likely N-dealkylation sites (N-methyl/N-ethyl adjacent to an activating group) is 1. The van der Waals surface area contributed by atoms with Crippen LogP contribution in [0.25, 0.3) is 0 Å². The summed E-state index contributed by atoms with van der Waals surface area (Å²) in [6, 6.07) is 9.24. The average molecular weight is 428 g/mol. The molecule has 11 heteroatoms. The summed E-state index contributed by atoms with van der Waals surface area (Å²) in [5, 5.41) is 5.01. The van der Waals surface area contributed by atoms with Crippen molar-refractivity contribution in [1.29, 1.82) is 0 Å². The molecule has 2 rings (SSSR count). The first-order chi connectivity index (χ1) is 12.9. The molecule has 0 radical (unpaired) electrons. The van der Waals surface area contributed by atoms with E-state index in [1.54, 1.807) is 21.0 Å². The summed E-state index contributed by atoms with van der Waals surface area (Å²) >= 11 is 0. The van der Waals surface area contributed by atoms with Gasteiger partial charge in [-0.3, -0.25) is 9.52 Å². The Labute approximate surface area is 164 Å². The first kappa shape index (κ1) is 21.7. The SMILES string of the molecule is Cc1cc(S(=O)(=O)Nc2ccc(S(N)(=O)=O)cc2)ccc1OCC(=O)N(C)C. The lowest BCUT2D eigenvalue weighted by Crippen LogP contribution is -2.27. The molecule has 2 aromatic rings. The Morgan fingerprint density at radius 2 is 1.61 bits per heavy atom. The van der Waals surface area contributed by atoms with E-state index in [-0.39, 0.29) is 28.0 Å². The summed E-state index contributed by atoms with van der Waals surface area (Å²) in [6.45, 7) is 1.50. The molecule has 0 aliphatic rings. The Kier molecular flexibility index (Phi) is 6.32. The standard InChI is InChI=1S/C17H21N3O6S2/c1-12-10-15(8-9-16(12)26-11-17(21)20(2)3)28(24,25)19-13-4-6-14(7-5-13)27(18,22)23/h4-10,19H,11H2,1-3H3,(H2,18,22,23). The van der Waals surface area contributed by atoms with Crippen LogP contribution in [0.3, 0.4) is 0 Å². The van der Waals surface area contributed by atoms with Crippen molar-refractivity contribution in [3.05, 3.63) is 48.0 Å². The predicted molar refractivity (Wildman–Crippen MR) is 104 cm³/mol. The minimum Gasteiger partial charge on any atom is -0.483 e. The van der Waals surface area contributed by atoms with Gasteiger partial charge in [-0.2, -0.15) is 0 Å². The van der Waals surface area contributed by atoms with Crippen molar-refractivity contribution in [1.82, 2.24) is 4.90 Å². The Bertz CT molecular complexity index is 1080. The van der Waals surface area contributed by atoms with E-state index >= 15 is 0 Å². The lowest BCUT2D eigenvalue weighted by atomic mass is 10.2. The summed E-state index contributed by atoms with van der Waals surface area (Å²) in [4.78, 5) is 12.8. The van der Waals surface area contributed by atoms with E-state index in [2.05, 4.69) is 4.72 Å². The number of aryl methyl sites for hydroxylation is 1. The van der Waals surface area contributed by atoms with Crippen LogP contribution >= 0.6 is 0 Å². The minimum absolute atomic E-state index is 0.00758. The van der Waals surface area contributed by atoms with Crippen molar-refractivity contribution < 1.29 is 26.4 Å². The molecule has 0 aliphatic carbocycles. The van der Waals surface area contributed by atoms with Crippen molar-refractivity contribution in [2.45, 2.75) is 16.7 Å². The van der Waals surface area contributed by atoms with Gasteiger partial charge in [0, 0.05) is 19.8 Å². The number of sulfonamides is 2. The number of hydrogen-bond donors (Lipinski definition) is 2. The molecule has 0 saturated carbocycles. The molecule has 2 aromatic carbocycles. The van der Waals surface area contributed by atoms with Crippen LogP contribution in [-0.2, 0) is 24.8 Å². The molecule has 3 N–H and O–H groups in total. The number of hydrogen-bond acceptors (Lipinski definition) is 6. The second-order valence-electron chi connectivity index (χ2n) is 6.18. The maximum Gasteiger partial charge on any atom is 0.261 e. The quantitative estimate of drug-likeness (QED) is 0.674. The number of nitrogens with zero attached hydrogens (tertiary/aromatic N) is 1. The molecule has 0 saturated heterocycles. The van der Waals surface area contributed by atoms with E-state index in [9.17, 15) is 21.6 Å². The van der Waals surface area contributed by atoms with Crippen LogP contribution in [0.2, 0.25) is 0 Å². The van der Waals surface area contributed by atoms with E-state index in [1.165, 1.54) is 47.4 Å². The molecule has 9 nitrogen and oxygen atoms in total. The van der Waals surface area contributed by atoms with Crippen molar-refractivity contribution >= 4 is 31.6 Å². The van der Waals surface area contributed by atoms with Crippen LogP contribution in [0.4, 0.5) is 5.69 Å². The minimum atomic E-state index is -3.91. The number of primary sulfonamides is 1. The van der Waals surface area contributed by atoms with Gasteiger partial charge in [-0.15, -0.1) is 0 Å². The molecule has 1 amide bonds. The number of benzene rings is 2. The summed E-state index contributed by atoms with van der Waals surface area (Å²) in [7, 11) is -4.56. The Morgan fingerprint density at radius 3 is 2.11 bits per heavy atom. The van der Waals surface area contributed by atoms with Gasteiger partial charge in [0.15, 0.2) is 6.61 Å². The second-order valence-corrected chi connectivity index (χ2v) is 9.42. The Morgan fingerprint density at radius 1 is 1.04 bits per heavy atom. The second kappa shape index (κ2) is 8.17. The maximum absolute atomic E-state index is 12.5. The third-order valence-corrected chi connectivity index (χ3v) is 6.05. The molecular weight excluding hydrogens is 406 g/mol. The number of anilines is 1. The highest BCUT2D eigenvalue weighted by Gasteiger charge is 2.17. The molecule has 152 valence electrons. The number of rotatable bonds is 7. The fourth-order valence-corrected chi connectivity index (χ4v) is 3.81. The highest BCUT2D eigenvalue weighted by molar-refractivity contribution is 7.92. The predicted octanol–water partition coefficient (Wildman–Crippen LogP) is 0.910. The molecule has 0 fully saturated rings. The third-order valence-electron chi connectivity index (χ3n) is 3.74. The molecule has 0 atom stereocenters. The van der Waals surface area contributed by atoms with Gasteiger partial charge in [0.25, 0.3) is 15.9 Å². The molecule has 0 aliphatic heterocycles. The Balaban J connectivity index is 2.17. The van der Waals surface area contributed by atoms with Gasteiger partial charge in [0.1, 0.15) is 5.75 Å². The smallest absolute Gasteiger partial charge is 0.261 e. The van der Waals surface area contributed by atoms with Crippen molar-refractivity contribution in [3.8, 4) is 5.75 Å². The van der Waals surface area contributed by atoms with Crippen LogP contribution in [0.15, 0.2) is 52.3 Å². The zero-order valence-electron chi connectivity index (χ0n) is 15.5. The van der Waals surface area contributed by atoms with Crippen molar-refractivity contribution in [3.63, 3.8) is 0 Å². The fraction of sp³-hybridized carbons (Fsp3) is 0.235. The molecule has 0 aromatic heterocycles. The molecule has 0 heterocycles. The van der Waals surface area contributed by atoms with Crippen molar-refractivity contribution in [2.24, 2.45) is 5.14 Å². The van der Waals surface area contributed by atoms with E-state index in [0.29, 0.717) is 11.3 Å². The van der Waals surface area contributed by atoms with Gasteiger partial charge in [0.2, 0.25) is 10.0 Å². The van der Waals surface area contributed by atoms with Crippen LogP contribution in [0.5, 0.6) is 5.75 Å². The van der Waals surface area contributed by atoms with E-state index in [4.69, 9.17) is 9.88 Å². The molecule has 0 spiro atoms. The number of ether oxygens (including phenoxy) is 1. The van der Waals surface area contributed by atoms with Crippen LogP contribution in [0, 0.1) is 6.92 Å². The van der Waals surface area contributed by atoms with Crippen LogP contribution in [0.1, 0.15) is 5.56 Å². The first-order valence-corrected chi connectivity index (χ1v) is 11.0. The van der Waals surface area contributed by atoms with Gasteiger partial charge >= 0.3 is 0 Å². The van der Waals surface area contributed by atoms with E-state index in [0.717, 1.165) is 0 Å². The topological polar surface area (TPSA) is 136 Å². The third kappa shape index (κ3) is 5.44. The number of carbonyl (C=O) groups excluding carboxylic acids is 1. The maximum atomic E-state index is 12.5. The number of nitrogens with one attached hydrogen (secondary N) is 1. The lowest BCUT2D eigenvalue weighted by Gasteiger charge is -2.14. The van der Waals surface area contributed by atoms with Gasteiger partial charge in [-0.05, 0) is 55.0 Å². The van der Waals surface area contributed by atoms with E-state index in [1.807, 2.05) is 0 Å². The monoisotopic (exact) mass is 427 g/mol. The molecule has 0 unspecified atom stereocenters. The fourth-order valence-electron chi connectivity index (χ4n) is 2.15. The number of amides is 1. The average Bonchev–Trinajstić information content (AvgIpc) is 2.59. The highest BCUT2D eigenvalue weighted by atomic mass is 32.2. The van der Waals surface area contributed by atoms with Crippen LogP contribution < -0.4 is 14.6 Å². The molecule has 28 heavy (non-hydrogen) atoms. The van der Waals surface area contributed by atoms with E-state index < -0.39 is 20.0 Å². The normalized spacial score (nSPS) is 11.7. The highest BCUT2D eigenvalue weighted by Crippen LogP contribution is 2.24. The Hall–Kier alpha value is -2.63. The van der Waals surface area contributed by atoms with Gasteiger partial charge in [-0.25, -0.2) is 22.0 Å². The van der Waals surface area contributed by atoms with Crippen LogP contribution in [-0.4, -0.2) is 48.3 Å². The van der Waals surface area contributed by atoms with Gasteiger partial charge in [0.05, 0.1) is 9.79 Å². The zero-order valence-corrected chi connectivity index (χ0v) is 17.2. The van der Waals surface area contributed by atoms with Crippen molar-refractivity contribution in [2.75, 3.05) is 25.4 Å². The largest absolute Gasteiger partial charge is 0.483 e. The lowest BCUT2D eigenvalue weighted by molar-refractivity contribution is -0.130. The molecule has 0 bridgehead atoms. The first-order valence-electron chi connectivity index (χ1n) is 7.99. The van der Waals surface area contributed by atoms with Gasteiger partial charge < -0.3 is 9.64 Å². The zero-order chi connectivity index (χ0) is 21.1. The number of carbonyl (C=O) groups is 1. The summed E-state index contributed by atoms with van der Waals surface area (Å²) in [5.41, 5.74) is 0.723. The summed E-state index contributed by atoms with van der Waals surface area (Å²) < 4.78 is 55.4. The summed E-state index contributed by atoms with van der Waals surface area (Å²) in [6.07, 6.45) is 0. The van der Waals surface area contributed by atoms with Gasteiger partial charge in [-0.1, -0.05) is 0 Å². The molecular formula is C17H21N3O6S2. The number of nitrogens with two attached hydrogens (primary N) is 1. The summed E-state index contributed by atoms with van der Waals surface area (Å²) in [5.74, 6) is 0.173.